The van der Waals surface area contributed by atoms with E-state index in [-0.39, 0.29) is 6.04 Å². The second-order valence-electron chi connectivity index (χ2n) is 7.00. The van der Waals surface area contributed by atoms with Crippen LogP contribution in [-0.4, -0.2) is 27.1 Å². The monoisotopic (exact) mass is 380 g/mol. The Labute approximate surface area is 168 Å². The molecule has 0 amide bonds. The summed E-state index contributed by atoms with van der Waals surface area (Å²) in [6.45, 7) is 0.657. The summed E-state index contributed by atoms with van der Waals surface area (Å²) in [5, 5.41) is 4.27. The molecular formula is C23H20N6. The summed E-state index contributed by atoms with van der Waals surface area (Å²) in [5.74, 6) is 0.944. The van der Waals surface area contributed by atoms with Gasteiger partial charge in [-0.25, -0.2) is 4.98 Å². The third-order valence-corrected chi connectivity index (χ3v) is 5.08. The summed E-state index contributed by atoms with van der Waals surface area (Å²) >= 11 is 0. The van der Waals surface area contributed by atoms with E-state index in [9.17, 15) is 0 Å². The summed E-state index contributed by atoms with van der Waals surface area (Å²) in [5.41, 5.74) is 5.28. The van der Waals surface area contributed by atoms with Crippen molar-refractivity contribution in [2.75, 3.05) is 0 Å². The Morgan fingerprint density at radius 2 is 1.97 bits per heavy atom. The summed E-state index contributed by atoms with van der Waals surface area (Å²) in [6, 6.07) is 16.4. The van der Waals surface area contributed by atoms with Gasteiger partial charge in [0.1, 0.15) is 11.5 Å². The number of hydrogen-bond acceptors (Lipinski definition) is 4. The highest BCUT2D eigenvalue weighted by atomic mass is 15.1. The van der Waals surface area contributed by atoms with E-state index in [2.05, 4.69) is 43.5 Å². The van der Waals surface area contributed by atoms with Gasteiger partial charge in [-0.1, -0.05) is 36.4 Å². The molecule has 5 rings (SSSR count). The highest BCUT2D eigenvalue weighted by Crippen LogP contribution is 2.31. The van der Waals surface area contributed by atoms with Gasteiger partial charge in [-0.15, -0.1) is 0 Å². The van der Waals surface area contributed by atoms with Crippen molar-refractivity contribution < 1.29 is 0 Å². The Morgan fingerprint density at radius 1 is 1.03 bits per heavy atom. The minimum Gasteiger partial charge on any atom is -0.346 e. The predicted molar refractivity (Wildman–Crippen MR) is 116 cm³/mol. The average Bonchev–Trinajstić information content (AvgIpc) is 3.22. The lowest BCUT2D eigenvalue weighted by molar-refractivity contribution is 0.741. The van der Waals surface area contributed by atoms with Crippen LogP contribution in [-0.2, 0) is 6.54 Å². The molecule has 3 aromatic heterocycles. The Kier molecular flexibility index (Phi) is 4.58. The molecule has 29 heavy (non-hydrogen) atoms. The number of fused-ring (bicyclic) bond motifs is 1. The second kappa shape index (κ2) is 7.67. The number of rotatable bonds is 4. The zero-order valence-electron chi connectivity index (χ0n) is 15.8. The molecule has 6 heteroatoms. The number of nitrogens with one attached hydrogen (secondary N) is 2. The predicted octanol–water partition coefficient (Wildman–Crippen LogP) is 4.29. The topological polar surface area (TPSA) is 78.3 Å². The molecule has 2 N–H and O–H groups in total. The van der Waals surface area contributed by atoms with Crippen molar-refractivity contribution in [2.45, 2.75) is 19.0 Å². The number of nitrogens with zero attached hydrogens (tertiary/aromatic N) is 4. The Bertz CT molecular complexity index is 1180. The molecule has 0 bridgehead atoms. The van der Waals surface area contributed by atoms with E-state index in [1.165, 1.54) is 5.56 Å². The van der Waals surface area contributed by atoms with Crippen LogP contribution >= 0.6 is 0 Å². The molecule has 1 aliphatic rings. The fourth-order valence-corrected chi connectivity index (χ4v) is 3.56. The second-order valence-corrected chi connectivity index (χ2v) is 7.00. The molecule has 4 heterocycles. The summed E-state index contributed by atoms with van der Waals surface area (Å²) < 4.78 is 0. The number of hydrogen-bond donors (Lipinski definition) is 2. The zero-order chi connectivity index (χ0) is 19.5. The van der Waals surface area contributed by atoms with Crippen LogP contribution in [0.1, 0.15) is 23.6 Å². The van der Waals surface area contributed by atoms with Crippen LogP contribution in [0.4, 0.5) is 0 Å². The van der Waals surface area contributed by atoms with Crippen molar-refractivity contribution in [3.05, 3.63) is 84.4 Å². The lowest BCUT2D eigenvalue weighted by Gasteiger charge is -2.18. The molecule has 0 radical (unpaired) electrons. The van der Waals surface area contributed by atoms with Crippen molar-refractivity contribution >= 4 is 23.2 Å². The average molecular weight is 380 g/mol. The highest BCUT2D eigenvalue weighted by molar-refractivity contribution is 5.95. The van der Waals surface area contributed by atoms with Gasteiger partial charge in [0.2, 0.25) is 0 Å². The quantitative estimate of drug-likeness (QED) is 0.554. The standard InChI is InChI=1S/C23H20N6/c1-2-5-16(6-3-1)11-25-22-10-21(28-15-29-22)20-14-27-23-19(20)9-18(13-26-23)17-7-4-8-24-12-17/h1-9,12-15,21H,10-11H2,(H,26,27)(H,25,28,29). The van der Waals surface area contributed by atoms with E-state index in [0.29, 0.717) is 6.54 Å². The molecule has 0 saturated carbocycles. The normalized spacial score (nSPS) is 17.5. The molecule has 0 aliphatic carbocycles. The molecule has 1 unspecified atom stereocenters. The molecular weight excluding hydrogens is 360 g/mol. The fraction of sp³-hybridized carbons (Fsp3) is 0.130. The van der Waals surface area contributed by atoms with Crippen LogP contribution in [0.2, 0.25) is 0 Å². The van der Waals surface area contributed by atoms with Crippen molar-refractivity contribution in [3.8, 4) is 11.1 Å². The maximum absolute atomic E-state index is 4.74. The van der Waals surface area contributed by atoms with Crippen LogP contribution < -0.4 is 5.32 Å². The minimum absolute atomic E-state index is 0.00507. The number of H-pyrrole nitrogens is 1. The summed E-state index contributed by atoms with van der Waals surface area (Å²) in [7, 11) is 0. The molecule has 142 valence electrons. The number of amidine groups is 1. The number of aliphatic imine (C=N–C) groups is 2. The number of aromatic nitrogens is 3. The SMILES string of the molecule is C1=NC(c2c[nH]c3ncc(-c4cccnc4)cc23)CC(=NCc2ccccc2)N1. The first-order valence-electron chi connectivity index (χ1n) is 9.60. The van der Waals surface area contributed by atoms with Crippen LogP contribution in [0.15, 0.2) is 83.3 Å². The fourth-order valence-electron chi connectivity index (χ4n) is 3.56. The van der Waals surface area contributed by atoms with Gasteiger partial charge in [-0.2, -0.15) is 0 Å². The first kappa shape index (κ1) is 17.3. The van der Waals surface area contributed by atoms with Crippen molar-refractivity contribution in [1.29, 1.82) is 0 Å². The van der Waals surface area contributed by atoms with Gasteiger partial charge in [0, 0.05) is 53.3 Å². The van der Waals surface area contributed by atoms with Gasteiger partial charge in [0.25, 0.3) is 0 Å². The molecule has 1 aromatic carbocycles. The van der Waals surface area contributed by atoms with E-state index < -0.39 is 0 Å². The summed E-state index contributed by atoms with van der Waals surface area (Å²) in [4.78, 5) is 21.5. The smallest absolute Gasteiger partial charge is 0.137 e. The van der Waals surface area contributed by atoms with Gasteiger partial charge in [-0.3, -0.25) is 15.0 Å². The maximum atomic E-state index is 4.74. The van der Waals surface area contributed by atoms with Crippen LogP contribution in [0.3, 0.4) is 0 Å². The van der Waals surface area contributed by atoms with Crippen LogP contribution in [0.5, 0.6) is 0 Å². The van der Waals surface area contributed by atoms with Crippen LogP contribution in [0, 0.1) is 0 Å². The van der Waals surface area contributed by atoms with E-state index in [0.717, 1.165) is 40.0 Å². The van der Waals surface area contributed by atoms with Gasteiger partial charge < -0.3 is 10.3 Å². The molecule has 4 aromatic rings. The first-order chi connectivity index (χ1) is 14.4. The number of aromatic amines is 1. The van der Waals surface area contributed by atoms with E-state index in [1.54, 1.807) is 12.5 Å². The van der Waals surface area contributed by atoms with Gasteiger partial charge >= 0.3 is 0 Å². The molecule has 1 aliphatic heterocycles. The highest BCUT2D eigenvalue weighted by Gasteiger charge is 2.20. The Balaban J connectivity index is 1.43. The van der Waals surface area contributed by atoms with Gasteiger partial charge in [0.15, 0.2) is 0 Å². The minimum atomic E-state index is 0.00507. The van der Waals surface area contributed by atoms with E-state index in [1.807, 2.05) is 48.9 Å². The molecule has 0 saturated heterocycles. The van der Waals surface area contributed by atoms with Crippen molar-refractivity contribution in [1.82, 2.24) is 20.3 Å². The molecule has 1 atom stereocenters. The molecule has 0 fully saturated rings. The lowest BCUT2D eigenvalue weighted by Crippen LogP contribution is -2.28. The van der Waals surface area contributed by atoms with E-state index in [4.69, 9.17) is 4.99 Å². The first-order valence-corrected chi connectivity index (χ1v) is 9.60. The largest absolute Gasteiger partial charge is 0.346 e. The van der Waals surface area contributed by atoms with Crippen LogP contribution in [0.25, 0.3) is 22.2 Å². The summed E-state index contributed by atoms with van der Waals surface area (Å²) in [6.07, 6.45) is 9.98. The van der Waals surface area contributed by atoms with Crippen molar-refractivity contribution in [3.63, 3.8) is 0 Å². The third kappa shape index (κ3) is 3.65. The third-order valence-electron chi connectivity index (χ3n) is 5.08. The molecule has 0 spiro atoms. The maximum Gasteiger partial charge on any atom is 0.137 e. The van der Waals surface area contributed by atoms with Crippen molar-refractivity contribution in [2.24, 2.45) is 9.98 Å². The van der Waals surface area contributed by atoms with Gasteiger partial charge in [-0.05, 0) is 17.7 Å². The number of benzene rings is 1. The molecule has 6 nitrogen and oxygen atoms in total. The zero-order valence-corrected chi connectivity index (χ0v) is 15.8. The van der Waals surface area contributed by atoms with E-state index >= 15 is 0 Å². The number of pyridine rings is 2. The lowest BCUT2D eigenvalue weighted by atomic mass is 10.0. The Hall–Kier alpha value is -3.80. The Morgan fingerprint density at radius 3 is 2.83 bits per heavy atom. The van der Waals surface area contributed by atoms with Gasteiger partial charge in [0.05, 0.1) is 18.9 Å².